The molecule has 8 nitrogen and oxygen atoms in total. The Morgan fingerprint density at radius 2 is 1.85 bits per heavy atom. The lowest BCUT2D eigenvalue weighted by molar-refractivity contribution is 0.0283. The molecule has 0 aromatic heterocycles. The third-order valence-electron chi connectivity index (χ3n) is 4.99. The zero-order chi connectivity index (χ0) is 25.6. The molecule has 2 aromatic rings. The van der Waals surface area contributed by atoms with Crippen molar-refractivity contribution < 1.29 is 33.5 Å². The number of hydrogen-bond acceptors (Lipinski definition) is 6. The van der Waals surface area contributed by atoms with Gasteiger partial charge in [0.05, 0.1) is 13.2 Å². The van der Waals surface area contributed by atoms with Gasteiger partial charge in [0.2, 0.25) is 0 Å². The van der Waals surface area contributed by atoms with Crippen LogP contribution in [-0.4, -0.2) is 53.5 Å². The van der Waals surface area contributed by atoms with Crippen molar-refractivity contribution in [2.45, 2.75) is 52.7 Å². The number of rotatable bonds is 7. The van der Waals surface area contributed by atoms with Gasteiger partial charge in [0, 0.05) is 24.2 Å². The van der Waals surface area contributed by atoms with Crippen LogP contribution >= 0.6 is 0 Å². The molecule has 1 unspecified atom stereocenters. The zero-order valence-electron chi connectivity index (χ0n) is 20.4. The largest absolute Gasteiger partial charge is 0.488 e. The number of amides is 2. The van der Waals surface area contributed by atoms with Crippen molar-refractivity contribution >= 4 is 30.5 Å². The van der Waals surface area contributed by atoms with Crippen LogP contribution in [0.15, 0.2) is 36.4 Å². The molecule has 0 heterocycles. The maximum Gasteiger partial charge on any atom is 0.488 e. The molecular weight excluding hydrogens is 442 g/mol. The van der Waals surface area contributed by atoms with Crippen LogP contribution in [0.4, 0.5) is 19.7 Å². The highest BCUT2D eigenvalue weighted by atomic mass is 19.1. The fourth-order valence-electron chi connectivity index (χ4n) is 3.29. The minimum Gasteiger partial charge on any atom is -0.449 e. The SMILES string of the molecule is Cc1cc(B(O)O)ccc1C(C)COC(=O)Nc1ccc(F)c(CN(C)C(=O)OC(C)(C)C)c1. The van der Waals surface area contributed by atoms with Gasteiger partial charge in [-0.15, -0.1) is 0 Å². The second kappa shape index (κ2) is 11.3. The van der Waals surface area contributed by atoms with E-state index in [9.17, 15) is 24.0 Å². The summed E-state index contributed by atoms with van der Waals surface area (Å²) in [5.41, 5.74) is 2.00. The molecule has 0 spiro atoms. The van der Waals surface area contributed by atoms with E-state index in [-0.39, 0.29) is 24.6 Å². The van der Waals surface area contributed by atoms with E-state index < -0.39 is 30.7 Å². The number of benzene rings is 2. The molecular formula is C24H32BFN2O6. The van der Waals surface area contributed by atoms with E-state index in [4.69, 9.17) is 9.47 Å². The Morgan fingerprint density at radius 1 is 1.18 bits per heavy atom. The first-order valence-electron chi connectivity index (χ1n) is 10.9. The van der Waals surface area contributed by atoms with Crippen LogP contribution < -0.4 is 10.8 Å². The minimum atomic E-state index is -1.55. The highest BCUT2D eigenvalue weighted by Crippen LogP contribution is 2.21. The van der Waals surface area contributed by atoms with Gasteiger partial charge in [-0.1, -0.05) is 25.1 Å². The van der Waals surface area contributed by atoms with Gasteiger partial charge in [0.25, 0.3) is 0 Å². The van der Waals surface area contributed by atoms with Crippen molar-refractivity contribution in [3.8, 4) is 0 Å². The Bertz CT molecular complexity index is 1030. The molecule has 0 aliphatic rings. The molecule has 0 radical (unpaired) electrons. The van der Waals surface area contributed by atoms with Crippen molar-refractivity contribution in [3.63, 3.8) is 0 Å². The summed E-state index contributed by atoms with van der Waals surface area (Å²) >= 11 is 0. The van der Waals surface area contributed by atoms with Gasteiger partial charge in [0.1, 0.15) is 11.4 Å². The first-order valence-corrected chi connectivity index (χ1v) is 10.9. The number of carbonyl (C=O) groups excluding carboxylic acids is 2. The summed E-state index contributed by atoms with van der Waals surface area (Å²) in [7, 11) is -0.0476. The molecule has 0 aliphatic heterocycles. The Labute approximate surface area is 199 Å². The van der Waals surface area contributed by atoms with E-state index in [2.05, 4.69) is 5.32 Å². The number of nitrogens with zero attached hydrogens (tertiary/aromatic N) is 1. The molecule has 3 N–H and O–H groups in total. The predicted octanol–water partition coefficient (Wildman–Crippen LogP) is 3.53. The second-order valence-corrected chi connectivity index (χ2v) is 9.26. The molecule has 184 valence electrons. The van der Waals surface area contributed by atoms with Gasteiger partial charge in [0.15, 0.2) is 0 Å². The summed E-state index contributed by atoms with van der Waals surface area (Å²) in [4.78, 5) is 25.7. The van der Waals surface area contributed by atoms with Crippen LogP contribution in [0.5, 0.6) is 0 Å². The lowest BCUT2D eigenvalue weighted by atomic mass is 9.78. The summed E-state index contributed by atoms with van der Waals surface area (Å²) in [6.07, 6.45) is -1.29. The van der Waals surface area contributed by atoms with E-state index in [1.165, 1.54) is 30.1 Å². The monoisotopic (exact) mass is 474 g/mol. The summed E-state index contributed by atoms with van der Waals surface area (Å²) in [5, 5.41) is 21.1. The van der Waals surface area contributed by atoms with E-state index in [1.807, 2.05) is 13.8 Å². The van der Waals surface area contributed by atoms with Crippen LogP contribution in [0.1, 0.15) is 50.3 Å². The Kier molecular flexibility index (Phi) is 9.06. The lowest BCUT2D eigenvalue weighted by Gasteiger charge is -2.25. The summed E-state index contributed by atoms with van der Waals surface area (Å²) in [6, 6.07) is 9.09. The molecule has 0 fully saturated rings. The van der Waals surface area contributed by atoms with E-state index >= 15 is 0 Å². The lowest BCUT2D eigenvalue weighted by Crippen LogP contribution is -2.34. The summed E-state index contributed by atoms with van der Waals surface area (Å²) < 4.78 is 24.9. The number of anilines is 1. The first kappa shape index (κ1) is 27.1. The van der Waals surface area contributed by atoms with Crippen molar-refractivity contribution in [2.24, 2.45) is 0 Å². The Morgan fingerprint density at radius 3 is 2.44 bits per heavy atom. The van der Waals surface area contributed by atoms with E-state index in [0.29, 0.717) is 11.2 Å². The summed E-state index contributed by atoms with van der Waals surface area (Å²) in [6.45, 7) is 8.99. The van der Waals surface area contributed by atoms with Gasteiger partial charge in [-0.25, -0.2) is 14.0 Å². The molecule has 0 saturated heterocycles. The minimum absolute atomic E-state index is 0.0415. The molecule has 2 amide bonds. The smallest absolute Gasteiger partial charge is 0.449 e. The highest BCUT2D eigenvalue weighted by Gasteiger charge is 2.21. The number of halogens is 1. The van der Waals surface area contributed by atoms with Crippen LogP contribution in [0, 0.1) is 12.7 Å². The molecule has 0 aliphatic carbocycles. The fraction of sp³-hybridized carbons (Fsp3) is 0.417. The highest BCUT2D eigenvalue weighted by molar-refractivity contribution is 6.58. The maximum atomic E-state index is 14.3. The molecule has 0 saturated carbocycles. The molecule has 0 bridgehead atoms. The number of aryl methyl sites for hydroxylation is 1. The number of hydrogen-bond donors (Lipinski definition) is 3. The number of carbonyl (C=O) groups is 2. The molecule has 1 atom stereocenters. The first-order chi connectivity index (χ1) is 15.8. The topological polar surface area (TPSA) is 108 Å². The third-order valence-corrected chi connectivity index (χ3v) is 4.99. The van der Waals surface area contributed by atoms with Crippen LogP contribution in [0.3, 0.4) is 0 Å². The second-order valence-electron chi connectivity index (χ2n) is 9.26. The van der Waals surface area contributed by atoms with Gasteiger partial charge in [-0.2, -0.15) is 0 Å². The maximum absolute atomic E-state index is 14.3. The average Bonchev–Trinajstić information content (AvgIpc) is 2.73. The predicted molar refractivity (Wildman–Crippen MR) is 128 cm³/mol. The quantitative estimate of drug-likeness (QED) is 0.530. The van der Waals surface area contributed by atoms with Crippen LogP contribution in [0.2, 0.25) is 0 Å². The number of nitrogens with one attached hydrogen (secondary N) is 1. The van der Waals surface area contributed by atoms with Crippen molar-refractivity contribution in [1.29, 1.82) is 0 Å². The molecule has 10 heteroatoms. The van der Waals surface area contributed by atoms with Crippen molar-refractivity contribution in [2.75, 3.05) is 19.0 Å². The zero-order valence-corrected chi connectivity index (χ0v) is 20.4. The van der Waals surface area contributed by atoms with Gasteiger partial charge in [-0.3, -0.25) is 5.32 Å². The van der Waals surface area contributed by atoms with E-state index in [0.717, 1.165) is 11.1 Å². The standard InChI is InChI=1S/C24H32BFN2O6/c1-15-11-18(25(31)32)7-9-20(15)16(2)14-33-22(29)27-19-8-10-21(26)17(12-19)13-28(6)23(30)34-24(3,4)5/h7-12,16,31-32H,13-14H2,1-6H3,(H,27,29). The van der Waals surface area contributed by atoms with Crippen LogP contribution in [-0.2, 0) is 16.0 Å². The normalized spacial score (nSPS) is 12.0. The third kappa shape index (κ3) is 8.04. The van der Waals surface area contributed by atoms with E-state index in [1.54, 1.807) is 39.0 Å². The van der Waals surface area contributed by atoms with Crippen molar-refractivity contribution in [3.05, 3.63) is 58.9 Å². The van der Waals surface area contributed by atoms with Crippen LogP contribution in [0.25, 0.3) is 0 Å². The van der Waals surface area contributed by atoms with Gasteiger partial charge >= 0.3 is 19.3 Å². The Hall–Kier alpha value is -3.11. The molecule has 34 heavy (non-hydrogen) atoms. The molecule has 2 rings (SSSR count). The van der Waals surface area contributed by atoms with Gasteiger partial charge in [-0.05, 0) is 62.5 Å². The number of ether oxygens (including phenoxy) is 2. The summed E-state index contributed by atoms with van der Waals surface area (Å²) in [5.74, 6) is -0.656. The van der Waals surface area contributed by atoms with Crippen molar-refractivity contribution in [1.82, 2.24) is 4.90 Å². The Balaban J connectivity index is 1.97. The molecule has 2 aromatic carbocycles. The van der Waals surface area contributed by atoms with Gasteiger partial charge < -0.3 is 24.4 Å². The average molecular weight is 474 g/mol. The fourth-order valence-corrected chi connectivity index (χ4v) is 3.29.